The normalized spacial score (nSPS) is 16.5. The molecular weight excluding hydrogens is 278 g/mol. The minimum Gasteiger partial charge on any atom is -0.423 e. The molecule has 6 nitrogen and oxygen atoms in total. The second-order valence-electron chi connectivity index (χ2n) is 5.81. The van der Waals surface area contributed by atoms with E-state index in [1.165, 1.54) is 5.56 Å². The summed E-state index contributed by atoms with van der Waals surface area (Å²) in [6, 6.07) is 8.88. The van der Waals surface area contributed by atoms with Crippen LogP contribution in [0.2, 0.25) is 0 Å². The van der Waals surface area contributed by atoms with Gasteiger partial charge in [-0.2, -0.15) is 10.1 Å². The highest BCUT2D eigenvalue weighted by Crippen LogP contribution is 2.23. The Kier molecular flexibility index (Phi) is 3.31. The lowest BCUT2D eigenvalue weighted by atomic mass is 10.2. The Balaban J connectivity index is 1.43. The van der Waals surface area contributed by atoms with Crippen molar-refractivity contribution in [2.45, 2.75) is 13.5 Å². The number of H-pyrrole nitrogens is 1. The summed E-state index contributed by atoms with van der Waals surface area (Å²) in [4.78, 5) is 9.26. The number of nitrogens with zero attached hydrogens (tertiary/aromatic N) is 4. The maximum absolute atomic E-state index is 5.88. The molecule has 6 heteroatoms. The van der Waals surface area contributed by atoms with Crippen molar-refractivity contribution in [1.29, 1.82) is 0 Å². The number of fused-ring (bicyclic) bond motifs is 1. The fourth-order valence-corrected chi connectivity index (χ4v) is 2.87. The fraction of sp³-hybridized carbons (Fsp3) is 0.375. The van der Waals surface area contributed by atoms with E-state index in [1.807, 2.05) is 12.1 Å². The Labute approximate surface area is 128 Å². The van der Waals surface area contributed by atoms with Crippen LogP contribution in [0.15, 0.2) is 34.9 Å². The summed E-state index contributed by atoms with van der Waals surface area (Å²) in [5.41, 5.74) is 4.16. The summed E-state index contributed by atoms with van der Waals surface area (Å²) in [6.45, 7) is 6.84. The van der Waals surface area contributed by atoms with Crippen molar-refractivity contribution in [3.05, 3.63) is 41.7 Å². The first-order valence-corrected chi connectivity index (χ1v) is 7.61. The second-order valence-corrected chi connectivity index (χ2v) is 5.81. The number of nitrogens with one attached hydrogen (secondary N) is 1. The van der Waals surface area contributed by atoms with E-state index in [1.54, 1.807) is 6.20 Å². The molecule has 0 amide bonds. The summed E-state index contributed by atoms with van der Waals surface area (Å²) in [6.07, 6.45) is 1.80. The Morgan fingerprint density at radius 1 is 1.18 bits per heavy atom. The molecule has 0 radical (unpaired) electrons. The van der Waals surface area contributed by atoms with Crippen LogP contribution in [0.3, 0.4) is 0 Å². The number of anilines is 1. The number of hydrogen-bond acceptors (Lipinski definition) is 5. The zero-order valence-corrected chi connectivity index (χ0v) is 12.6. The molecule has 0 unspecified atom stereocenters. The predicted molar refractivity (Wildman–Crippen MR) is 84.8 cm³/mol. The van der Waals surface area contributed by atoms with E-state index in [2.05, 4.69) is 44.0 Å². The van der Waals surface area contributed by atoms with E-state index in [9.17, 15) is 0 Å². The van der Waals surface area contributed by atoms with Crippen molar-refractivity contribution in [3.8, 4) is 0 Å². The van der Waals surface area contributed by atoms with E-state index in [-0.39, 0.29) is 0 Å². The molecular formula is C16H19N5O. The number of piperazine rings is 1. The fourth-order valence-electron chi connectivity index (χ4n) is 2.87. The highest BCUT2D eigenvalue weighted by molar-refractivity contribution is 5.75. The summed E-state index contributed by atoms with van der Waals surface area (Å²) in [5, 5.41) is 7.01. The molecule has 1 aliphatic rings. The molecule has 0 atom stereocenters. The van der Waals surface area contributed by atoms with E-state index in [0.29, 0.717) is 0 Å². The second kappa shape index (κ2) is 5.46. The molecule has 1 aliphatic heterocycles. The average molecular weight is 297 g/mol. The van der Waals surface area contributed by atoms with Crippen molar-refractivity contribution in [2.24, 2.45) is 0 Å². The van der Waals surface area contributed by atoms with Gasteiger partial charge < -0.3 is 9.32 Å². The van der Waals surface area contributed by atoms with Gasteiger partial charge in [-0.1, -0.05) is 6.07 Å². The number of aromatic nitrogens is 3. The molecule has 0 bridgehead atoms. The largest absolute Gasteiger partial charge is 0.423 e. The number of hydrogen-bond donors (Lipinski definition) is 1. The molecule has 2 aromatic heterocycles. The van der Waals surface area contributed by atoms with Crippen LogP contribution in [0.1, 0.15) is 11.3 Å². The van der Waals surface area contributed by atoms with Gasteiger partial charge in [0.1, 0.15) is 5.52 Å². The molecule has 3 heterocycles. The number of oxazole rings is 1. The lowest BCUT2D eigenvalue weighted by Gasteiger charge is -2.33. The van der Waals surface area contributed by atoms with Gasteiger partial charge >= 0.3 is 0 Å². The molecule has 1 N–H and O–H groups in total. The third-order valence-electron chi connectivity index (χ3n) is 4.13. The molecule has 3 aromatic rings. The molecule has 22 heavy (non-hydrogen) atoms. The number of rotatable bonds is 3. The van der Waals surface area contributed by atoms with E-state index in [0.717, 1.165) is 55.5 Å². The van der Waals surface area contributed by atoms with Crippen molar-refractivity contribution in [2.75, 3.05) is 31.1 Å². The summed E-state index contributed by atoms with van der Waals surface area (Å²) in [7, 11) is 0. The molecule has 114 valence electrons. The summed E-state index contributed by atoms with van der Waals surface area (Å²) < 4.78 is 5.88. The van der Waals surface area contributed by atoms with Crippen LogP contribution in [-0.2, 0) is 6.54 Å². The van der Waals surface area contributed by atoms with Gasteiger partial charge in [-0.15, -0.1) is 0 Å². The van der Waals surface area contributed by atoms with Gasteiger partial charge in [0.05, 0.1) is 0 Å². The standard InChI is InChI=1S/C16H19N5O/c1-12-2-3-15-14(10-12)18-16(22-15)21-8-6-20(7-9-21)11-13-4-5-17-19-13/h2-5,10H,6-9,11H2,1H3,(H,17,19). The maximum atomic E-state index is 5.88. The van der Waals surface area contributed by atoms with Crippen LogP contribution in [0.25, 0.3) is 11.1 Å². The molecule has 0 spiro atoms. The average Bonchev–Trinajstić information content (AvgIpc) is 3.17. The number of benzene rings is 1. The molecule has 0 aliphatic carbocycles. The van der Waals surface area contributed by atoms with Gasteiger partial charge in [0, 0.05) is 44.6 Å². The number of aryl methyl sites for hydroxylation is 1. The third-order valence-corrected chi connectivity index (χ3v) is 4.13. The lowest BCUT2D eigenvalue weighted by Crippen LogP contribution is -2.46. The van der Waals surface area contributed by atoms with Gasteiger partial charge in [0.25, 0.3) is 6.01 Å². The zero-order valence-electron chi connectivity index (χ0n) is 12.6. The van der Waals surface area contributed by atoms with Crippen LogP contribution in [0, 0.1) is 6.92 Å². The minimum atomic E-state index is 0.738. The van der Waals surface area contributed by atoms with E-state index >= 15 is 0 Å². The third kappa shape index (κ3) is 2.57. The zero-order chi connectivity index (χ0) is 14.9. The monoisotopic (exact) mass is 297 g/mol. The molecule has 1 aromatic carbocycles. The summed E-state index contributed by atoms with van der Waals surface area (Å²) in [5.74, 6) is 0. The lowest BCUT2D eigenvalue weighted by molar-refractivity contribution is 0.243. The van der Waals surface area contributed by atoms with Crippen LogP contribution in [-0.4, -0.2) is 46.3 Å². The first kappa shape index (κ1) is 13.3. The Morgan fingerprint density at radius 3 is 2.82 bits per heavy atom. The number of aromatic amines is 1. The molecule has 4 rings (SSSR count). The van der Waals surface area contributed by atoms with Crippen LogP contribution in [0.4, 0.5) is 6.01 Å². The first-order chi connectivity index (χ1) is 10.8. The van der Waals surface area contributed by atoms with Gasteiger partial charge in [-0.25, -0.2) is 0 Å². The van der Waals surface area contributed by atoms with Crippen molar-refractivity contribution in [3.63, 3.8) is 0 Å². The van der Waals surface area contributed by atoms with Gasteiger partial charge in [0.15, 0.2) is 5.58 Å². The Morgan fingerprint density at radius 2 is 2.05 bits per heavy atom. The van der Waals surface area contributed by atoms with Crippen molar-refractivity contribution < 1.29 is 4.42 Å². The maximum Gasteiger partial charge on any atom is 0.298 e. The summed E-state index contributed by atoms with van der Waals surface area (Å²) >= 11 is 0. The minimum absolute atomic E-state index is 0.738. The van der Waals surface area contributed by atoms with E-state index < -0.39 is 0 Å². The first-order valence-electron chi connectivity index (χ1n) is 7.61. The highest BCUT2D eigenvalue weighted by atomic mass is 16.4. The highest BCUT2D eigenvalue weighted by Gasteiger charge is 2.21. The van der Waals surface area contributed by atoms with Gasteiger partial charge in [0.2, 0.25) is 0 Å². The predicted octanol–water partition coefficient (Wildman–Crippen LogP) is 2.18. The van der Waals surface area contributed by atoms with Crippen molar-refractivity contribution in [1.82, 2.24) is 20.1 Å². The molecule has 1 saturated heterocycles. The van der Waals surface area contributed by atoms with E-state index in [4.69, 9.17) is 4.42 Å². The molecule has 0 saturated carbocycles. The Hall–Kier alpha value is -2.34. The SMILES string of the molecule is Cc1ccc2oc(N3CCN(Cc4ccn[nH]4)CC3)nc2c1. The smallest absolute Gasteiger partial charge is 0.298 e. The van der Waals surface area contributed by atoms with Crippen LogP contribution < -0.4 is 4.90 Å². The van der Waals surface area contributed by atoms with Crippen molar-refractivity contribution >= 4 is 17.1 Å². The van der Waals surface area contributed by atoms with Crippen LogP contribution >= 0.6 is 0 Å². The topological polar surface area (TPSA) is 61.2 Å². The quantitative estimate of drug-likeness (QED) is 0.803. The van der Waals surface area contributed by atoms with Gasteiger partial charge in [-0.05, 0) is 30.7 Å². The van der Waals surface area contributed by atoms with Gasteiger partial charge in [-0.3, -0.25) is 10.00 Å². The Bertz CT molecular complexity index is 756. The molecule has 1 fully saturated rings. The van der Waals surface area contributed by atoms with Crippen LogP contribution in [0.5, 0.6) is 0 Å².